The lowest BCUT2D eigenvalue weighted by molar-refractivity contribution is -0.141. The fourth-order valence-corrected chi connectivity index (χ4v) is 1.43. The van der Waals surface area contributed by atoms with Gasteiger partial charge in [-0.1, -0.05) is 24.3 Å². The number of halogens is 3. The van der Waals surface area contributed by atoms with Gasteiger partial charge in [-0.25, -0.2) is 0 Å². The third-order valence-corrected chi connectivity index (χ3v) is 2.26. The van der Waals surface area contributed by atoms with E-state index in [9.17, 15) is 13.2 Å². The number of aromatic amines is 1. The Balaban J connectivity index is 2.25. The zero-order chi connectivity index (χ0) is 12.3. The first-order chi connectivity index (χ1) is 8.07. The van der Waals surface area contributed by atoms with Crippen LogP contribution in [0.2, 0.25) is 0 Å². The van der Waals surface area contributed by atoms with Crippen LogP contribution in [0.25, 0.3) is 0 Å². The average molecular weight is 241 g/mol. The number of aromatic nitrogens is 2. The van der Waals surface area contributed by atoms with Crippen molar-refractivity contribution in [3.8, 4) is 0 Å². The van der Waals surface area contributed by atoms with E-state index in [1.807, 2.05) is 29.4 Å². The summed E-state index contributed by atoms with van der Waals surface area (Å²) >= 11 is 0. The highest BCUT2D eigenvalue weighted by atomic mass is 19.4. The van der Waals surface area contributed by atoms with Gasteiger partial charge in [-0.3, -0.25) is 10.1 Å². The van der Waals surface area contributed by atoms with E-state index in [-0.39, 0.29) is 5.69 Å². The molecule has 90 valence electrons. The van der Waals surface area contributed by atoms with Crippen molar-refractivity contribution >= 4 is 5.71 Å². The number of allylic oxidation sites excluding steroid dienone is 3. The molecule has 0 fully saturated rings. The molecule has 1 aromatic rings. The number of H-pyrrole nitrogens is 1. The highest BCUT2D eigenvalue weighted by Crippen LogP contribution is 2.28. The Labute approximate surface area is 95.8 Å². The van der Waals surface area contributed by atoms with E-state index in [2.05, 4.69) is 10.1 Å². The Bertz CT molecular complexity index is 480. The van der Waals surface area contributed by atoms with Crippen molar-refractivity contribution in [1.29, 1.82) is 0 Å². The summed E-state index contributed by atoms with van der Waals surface area (Å²) in [6, 6.07) is 0.984. The summed E-state index contributed by atoms with van der Waals surface area (Å²) in [4.78, 5) is 4.18. The molecular weight excluding hydrogens is 231 g/mol. The fourth-order valence-electron chi connectivity index (χ4n) is 1.43. The van der Waals surface area contributed by atoms with Crippen molar-refractivity contribution in [1.82, 2.24) is 10.2 Å². The van der Waals surface area contributed by atoms with E-state index in [1.165, 1.54) is 0 Å². The highest BCUT2D eigenvalue weighted by molar-refractivity contribution is 6.00. The van der Waals surface area contributed by atoms with Crippen molar-refractivity contribution in [2.75, 3.05) is 6.54 Å². The Morgan fingerprint density at radius 2 is 1.94 bits per heavy atom. The third kappa shape index (κ3) is 2.83. The molecule has 1 aliphatic heterocycles. The number of hydrogen-bond donors (Lipinski definition) is 1. The molecule has 0 saturated heterocycles. The standard InChI is InChI=1S/C11H10F3N3/c12-11(13,14)10-7-9(16-17-10)8-5-3-1-2-4-6-15-8/h1-4,7H,5-6H2,(H,16,17)/b3-1-,4-2?,15-8?. The van der Waals surface area contributed by atoms with Crippen LogP contribution in [0.3, 0.4) is 0 Å². The van der Waals surface area contributed by atoms with Crippen LogP contribution >= 0.6 is 0 Å². The maximum atomic E-state index is 12.4. The zero-order valence-electron chi connectivity index (χ0n) is 8.83. The molecule has 3 nitrogen and oxygen atoms in total. The van der Waals surface area contributed by atoms with Crippen molar-refractivity contribution in [3.05, 3.63) is 41.8 Å². The Kier molecular flexibility index (Phi) is 3.12. The minimum absolute atomic E-state index is 0.247. The van der Waals surface area contributed by atoms with Gasteiger partial charge in [-0.2, -0.15) is 18.3 Å². The van der Waals surface area contributed by atoms with Gasteiger partial charge >= 0.3 is 6.18 Å². The van der Waals surface area contributed by atoms with Crippen molar-refractivity contribution in [2.45, 2.75) is 12.6 Å². The molecule has 1 aliphatic rings. The molecule has 6 heteroatoms. The van der Waals surface area contributed by atoms with E-state index >= 15 is 0 Å². The summed E-state index contributed by atoms with van der Waals surface area (Å²) in [7, 11) is 0. The predicted molar refractivity (Wildman–Crippen MR) is 57.9 cm³/mol. The van der Waals surface area contributed by atoms with Crippen molar-refractivity contribution in [3.63, 3.8) is 0 Å². The molecule has 0 atom stereocenters. The van der Waals surface area contributed by atoms with E-state index in [1.54, 1.807) is 0 Å². The van der Waals surface area contributed by atoms with E-state index in [0.717, 1.165) is 6.07 Å². The third-order valence-electron chi connectivity index (χ3n) is 2.26. The minimum Gasteiger partial charge on any atom is -0.283 e. The van der Waals surface area contributed by atoms with Crippen LogP contribution in [-0.2, 0) is 6.18 Å². The topological polar surface area (TPSA) is 41.0 Å². The zero-order valence-corrected chi connectivity index (χ0v) is 8.83. The summed E-state index contributed by atoms with van der Waals surface area (Å²) in [5.74, 6) is 0. The molecule has 2 rings (SSSR count). The number of rotatable bonds is 1. The second-order valence-electron chi connectivity index (χ2n) is 3.51. The molecule has 1 aromatic heterocycles. The van der Waals surface area contributed by atoms with Crippen LogP contribution in [0.4, 0.5) is 13.2 Å². The molecule has 0 saturated carbocycles. The molecule has 0 amide bonds. The van der Waals surface area contributed by atoms with Gasteiger partial charge in [0.15, 0.2) is 0 Å². The second kappa shape index (κ2) is 4.57. The summed E-state index contributed by atoms with van der Waals surface area (Å²) in [6.45, 7) is 0.452. The summed E-state index contributed by atoms with van der Waals surface area (Å²) in [6.07, 6.45) is 3.43. The van der Waals surface area contributed by atoms with Crippen molar-refractivity contribution in [2.24, 2.45) is 4.99 Å². The maximum absolute atomic E-state index is 12.4. The quantitative estimate of drug-likeness (QED) is 0.806. The Morgan fingerprint density at radius 3 is 2.65 bits per heavy atom. The monoisotopic (exact) mass is 241 g/mol. The van der Waals surface area contributed by atoms with Crippen LogP contribution in [0.15, 0.2) is 35.4 Å². The Morgan fingerprint density at radius 1 is 1.18 bits per heavy atom. The largest absolute Gasteiger partial charge is 0.432 e. The molecule has 1 N–H and O–H groups in total. The van der Waals surface area contributed by atoms with Gasteiger partial charge in [0.25, 0.3) is 0 Å². The first-order valence-corrected chi connectivity index (χ1v) is 5.05. The van der Waals surface area contributed by atoms with Crippen LogP contribution in [-0.4, -0.2) is 22.5 Å². The SMILES string of the molecule is FC(F)(F)c1cc(C2=NCC=C/C=C\C2)n[nH]1. The lowest BCUT2D eigenvalue weighted by Crippen LogP contribution is -2.05. The molecule has 0 radical (unpaired) electrons. The summed E-state index contributed by atoms with van der Waals surface area (Å²) in [5.41, 5.74) is -0.0496. The number of nitrogens with one attached hydrogen (secondary N) is 1. The minimum atomic E-state index is -4.40. The lowest BCUT2D eigenvalue weighted by Gasteiger charge is -2.01. The second-order valence-corrected chi connectivity index (χ2v) is 3.51. The predicted octanol–water partition coefficient (Wildman–Crippen LogP) is 2.73. The fraction of sp³-hybridized carbons (Fsp3) is 0.273. The van der Waals surface area contributed by atoms with E-state index in [0.29, 0.717) is 18.7 Å². The maximum Gasteiger partial charge on any atom is 0.432 e. The number of hydrogen-bond acceptors (Lipinski definition) is 2. The van der Waals surface area contributed by atoms with Crippen LogP contribution in [0, 0.1) is 0 Å². The molecule has 0 aromatic carbocycles. The van der Waals surface area contributed by atoms with E-state index < -0.39 is 11.9 Å². The van der Waals surface area contributed by atoms with Gasteiger partial charge in [0.1, 0.15) is 11.4 Å². The number of alkyl halides is 3. The Hall–Kier alpha value is -1.85. The van der Waals surface area contributed by atoms with Crippen LogP contribution < -0.4 is 0 Å². The first kappa shape index (κ1) is 11.6. The normalized spacial score (nSPS) is 18.4. The highest BCUT2D eigenvalue weighted by Gasteiger charge is 2.33. The van der Waals surface area contributed by atoms with Gasteiger partial charge < -0.3 is 0 Å². The van der Waals surface area contributed by atoms with E-state index in [4.69, 9.17) is 0 Å². The molecule has 17 heavy (non-hydrogen) atoms. The first-order valence-electron chi connectivity index (χ1n) is 5.05. The average Bonchev–Trinajstić information content (AvgIpc) is 2.65. The molecule has 2 heterocycles. The lowest BCUT2D eigenvalue weighted by atomic mass is 10.1. The van der Waals surface area contributed by atoms with Gasteiger partial charge in [-0.05, 0) is 6.07 Å². The van der Waals surface area contributed by atoms with Crippen molar-refractivity contribution < 1.29 is 13.2 Å². The molecule has 0 unspecified atom stereocenters. The van der Waals surface area contributed by atoms with Crippen LogP contribution in [0.5, 0.6) is 0 Å². The summed E-state index contributed by atoms with van der Waals surface area (Å²) in [5, 5.41) is 5.63. The van der Waals surface area contributed by atoms with Gasteiger partial charge in [0, 0.05) is 6.42 Å². The summed E-state index contributed by atoms with van der Waals surface area (Å²) < 4.78 is 37.1. The van der Waals surface area contributed by atoms with Gasteiger partial charge in [-0.15, -0.1) is 0 Å². The number of aliphatic imine (C=N–C) groups is 1. The molecule has 0 spiro atoms. The van der Waals surface area contributed by atoms with Gasteiger partial charge in [0.2, 0.25) is 0 Å². The molecular formula is C11H10F3N3. The molecule has 0 bridgehead atoms. The molecule has 0 aliphatic carbocycles. The number of nitrogens with zero attached hydrogens (tertiary/aromatic N) is 2. The van der Waals surface area contributed by atoms with Crippen LogP contribution in [0.1, 0.15) is 17.8 Å². The van der Waals surface area contributed by atoms with Gasteiger partial charge in [0.05, 0.1) is 12.3 Å². The smallest absolute Gasteiger partial charge is 0.283 e.